The van der Waals surface area contributed by atoms with E-state index >= 15 is 0 Å². The average molecular weight is 289 g/mol. The molecule has 2 aromatic carbocycles. The molecule has 2 heteroatoms. The first kappa shape index (κ1) is 14.3. The minimum absolute atomic E-state index is 0.0815. The van der Waals surface area contributed by atoms with Crippen molar-refractivity contribution in [2.45, 2.75) is 13.8 Å². The van der Waals surface area contributed by atoms with Gasteiger partial charge < -0.3 is 4.57 Å². The summed E-state index contributed by atoms with van der Waals surface area (Å²) in [7, 11) is 1.96. The highest BCUT2D eigenvalue weighted by molar-refractivity contribution is 5.73. The molecule has 3 aromatic rings. The summed E-state index contributed by atoms with van der Waals surface area (Å²) in [5.74, 6) is 0. The molecule has 0 aliphatic carbocycles. The van der Waals surface area contributed by atoms with Gasteiger partial charge in [-0.2, -0.15) is 0 Å². The topological polar surface area (TPSA) is 22.0 Å². The Morgan fingerprint density at radius 1 is 0.818 bits per heavy atom. The summed E-state index contributed by atoms with van der Waals surface area (Å²) in [6.07, 6.45) is 3.81. The second-order valence-electron chi connectivity index (χ2n) is 5.76. The van der Waals surface area contributed by atoms with Crippen molar-refractivity contribution in [1.82, 2.24) is 4.57 Å². The molecule has 1 aromatic heterocycles. The van der Waals surface area contributed by atoms with E-state index in [9.17, 15) is 4.79 Å². The SMILES string of the molecule is Cc1ccc(C)c(-c2cn(C)cc(-c3ccccc3)c2=O)c1. The van der Waals surface area contributed by atoms with Gasteiger partial charge >= 0.3 is 0 Å². The zero-order valence-corrected chi connectivity index (χ0v) is 13.1. The Bertz CT molecular complexity index is 876. The first-order valence-electron chi connectivity index (χ1n) is 7.39. The smallest absolute Gasteiger partial charge is 0.197 e. The van der Waals surface area contributed by atoms with Gasteiger partial charge in [-0.1, -0.05) is 54.1 Å². The van der Waals surface area contributed by atoms with Gasteiger partial charge in [0, 0.05) is 30.6 Å². The standard InChI is InChI=1S/C20H19NO/c1-14-9-10-15(2)17(11-14)19-13-21(3)12-18(20(19)22)16-7-5-4-6-8-16/h4-13H,1-3H3. The summed E-state index contributed by atoms with van der Waals surface area (Å²) in [6, 6.07) is 16.1. The molecule has 0 N–H and O–H groups in total. The van der Waals surface area contributed by atoms with Crippen LogP contribution in [0.4, 0.5) is 0 Å². The van der Waals surface area contributed by atoms with E-state index in [0.717, 1.165) is 33.4 Å². The van der Waals surface area contributed by atoms with Crippen LogP contribution < -0.4 is 5.43 Å². The minimum Gasteiger partial charge on any atom is -0.356 e. The fraction of sp³-hybridized carbons (Fsp3) is 0.150. The lowest BCUT2D eigenvalue weighted by atomic mass is 9.96. The molecule has 0 saturated heterocycles. The number of nitrogens with zero attached hydrogens (tertiary/aromatic N) is 1. The molecule has 3 rings (SSSR count). The number of rotatable bonds is 2. The van der Waals surface area contributed by atoms with Crippen LogP contribution in [-0.4, -0.2) is 4.57 Å². The van der Waals surface area contributed by atoms with E-state index in [-0.39, 0.29) is 5.43 Å². The van der Waals surface area contributed by atoms with Gasteiger partial charge in [-0.25, -0.2) is 0 Å². The summed E-state index contributed by atoms with van der Waals surface area (Å²) in [6.45, 7) is 4.10. The Hall–Kier alpha value is -2.61. The van der Waals surface area contributed by atoms with Gasteiger partial charge in [0.1, 0.15) is 0 Å². The molecule has 0 aliphatic heterocycles. The molecule has 0 aliphatic rings. The fourth-order valence-electron chi connectivity index (χ4n) is 2.75. The van der Waals surface area contributed by atoms with Crippen molar-refractivity contribution in [3.05, 3.63) is 82.3 Å². The van der Waals surface area contributed by atoms with E-state index in [2.05, 4.69) is 25.1 Å². The molecule has 0 radical (unpaired) electrons. The number of aryl methyl sites for hydroxylation is 3. The Kier molecular flexibility index (Phi) is 3.68. The average Bonchev–Trinajstić information content (AvgIpc) is 2.52. The molecule has 0 unspecified atom stereocenters. The van der Waals surface area contributed by atoms with E-state index in [1.807, 2.05) is 61.3 Å². The van der Waals surface area contributed by atoms with Crippen LogP contribution in [0.5, 0.6) is 0 Å². The summed E-state index contributed by atoms with van der Waals surface area (Å²) in [4.78, 5) is 13.0. The third kappa shape index (κ3) is 2.60. The quantitative estimate of drug-likeness (QED) is 0.688. The summed E-state index contributed by atoms with van der Waals surface area (Å²) >= 11 is 0. The van der Waals surface area contributed by atoms with Crippen molar-refractivity contribution >= 4 is 0 Å². The largest absolute Gasteiger partial charge is 0.356 e. The van der Waals surface area contributed by atoms with Crippen molar-refractivity contribution in [2.75, 3.05) is 0 Å². The first-order valence-corrected chi connectivity index (χ1v) is 7.39. The molecule has 0 atom stereocenters. The van der Waals surface area contributed by atoms with Crippen LogP contribution in [-0.2, 0) is 7.05 Å². The lowest BCUT2D eigenvalue weighted by Crippen LogP contribution is -2.12. The number of pyridine rings is 1. The molecular weight excluding hydrogens is 270 g/mol. The molecule has 110 valence electrons. The van der Waals surface area contributed by atoms with Gasteiger partial charge in [0.15, 0.2) is 5.43 Å². The molecule has 0 bridgehead atoms. The van der Waals surface area contributed by atoms with Gasteiger partial charge in [0.05, 0.1) is 0 Å². The zero-order chi connectivity index (χ0) is 15.7. The van der Waals surface area contributed by atoms with E-state index in [4.69, 9.17) is 0 Å². The van der Waals surface area contributed by atoms with Gasteiger partial charge in [-0.3, -0.25) is 4.79 Å². The molecule has 0 saturated carbocycles. The first-order chi connectivity index (χ1) is 10.6. The van der Waals surface area contributed by atoms with Gasteiger partial charge in [0.2, 0.25) is 0 Å². The highest BCUT2D eigenvalue weighted by Crippen LogP contribution is 2.24. The molecular formula is C20H19NO. The maximum atomic E-state index is 13.0. The predicted molar refractivity (Wildman–Crippen MR) is 92.0 cm³/mol. The van der Waals surface area contributed by atoms with Crippen LogP contribution in [0.2, 0.25) is 0 Å². The molecule has 22 heavy (non-hydrogen) atoms. The van der Waals surface area contributed by atoms with E-state index < -0.39 is 0 Å². The van der Waals surface area contributed by atoms with Gasteiger partial charge in [-0.15, -0.1) is 0 Å². The number of hydrogen-bond donors (Lipinski definition) is 0. The Balaban J connectivity index is 2.29. The maximum Gasteiger partial charge on any atom is 0.197 e. The number of benzene rings is 2. The Labute approximate surface area is 130 Å². The molecule has 0 fully saturated rings. The van der Waals surface area contributed by atoms with Crippen LogP contribution in [0, 0.1) is 13.8 Å². The van der Waals surface area contributed by atoms with Crippen LogP contribution in [0.25, 0.3) is 22.3 Å². The molecule has 2 nitrogen and oxygen atoms in total. The van der Waals surface area contributed by atoms with Crippen molar-refractivity contribution in [3.8, 4) is 22.3 Å². The highest BCUT2D eigenvalue weighted by Gasteiger charge is 2.12. The number of hydrogen-bond acceptors (Lipinski definition) is 1. The van der Waals surface area contributed by atoms with Crippen molar-refractivity contribution < 1.29 is 0 Å². The summed E-state index contributed by atoms with van der Waals surface area (Å²) in [5.41, 5.74) is 5.82. The summed E-state index contributed by atoms with van der Waals surface area (Å²) < 4.78 is 1.96. The Morgan fingerprint density at radius 2 is 1.50 bits per heavy atom. The second kappa shape index (κ2) is 5.64. The highest BCUT2D eigenvalue weighted by atomic mass is 16.1. The van der Waals surface area contributed by atoms with Gasteiger partial charge in [0.25, 0.3) is 0 Å². The fourth-order valence-corrected chi connectivity index (χ4v) is 2.75. The maximum absolute atomic E-state index is 13.0. The van der Waals surface area contributed by atoms with Crippen LogP contribution in [0.3, 0.4) is 0 Å². The normalized spacial score (nSPS) is 10.7. The monoisotopic (exact) mass is 289 g/mol. The molecule has 0 spiro atoms. The van der Waals surface area contributed by atoms with Crippen LogP contribution in [0.1, 0.15) is 11.1 Å². The van der Waals surface area contributed by atoms with Crippen molar-refractivity contribution in [3.63, 3.8) is 0 Å². The van der Waals surface area contributed by atoms with Crippen LogP contribution >= 0.6 is 0 Å². The van der Waals surface area contributed by atoms with Crippen molar-refractivity contribution in [2.24, 2.45) is 7.05 Å². The Morgan fingerprint density at radius 3 is 2.23 bits per heavy atom. The summed E-state index contributed by atoms with van der Waals surface area (Å²) in [5, 5.41) is 0. The van der Waals surface area contributed by atoms with Crippen LogP contribution in [0.15, 0.2) is 65.7 Å². The number of aromatic nitrogens is 1. The van der Waals surface area contributed by atoms with E-state index in [1.165, 1.54) is 0 Å². The molecule has 1 heterocycles. The third-order valence-electron chi connectivity index (χ3n) is 3.92. The van der Waals surface area contributed by atoms with E-state index in [1.54, 1.807) is 0 Å². The second-order valence-corrected chi connectivity index (χ2v) is 5.76. The molecule has 0 amide bonds. The van der Waals surface area contributed by atoms with E-state index in [0.29, 0.717) is 0 Å². The third-order valence-corrected chi connectivity index (χ3v) is 3.92. The zero-order valence-electron chi connectivity index (χ0n) is 13.1. The minimum atomic E-state index is 0.0815. The van der Waals surface area contributed by atoms with Gasteiger partial charge in [-0.05, 0) is 30.5 Å². The predicted octanol–water partition coefficient (Wildman–Crippen LogP) is 4.34. The van der Waals surface area contributed by atoms with Crippen molar-refractivity contribution in [1.29, 1.82) is 0 Å². The lowest BCUT2D eigenvalue weighted by Gasteiger charge is -2.11. The lowest BCUT2D eigenvalue weighted by molar-refractivity contribution is 0.904.